The molecule has 230 valence electrons. The average molecular weight is 585 g/mol. The number of hydrogen-bond acceptors (Lipinski definition) is 13. The van der Waals surface area contributed by atoms with Crippen LogP contribution in [0.5, 0.6) is 34.5 Å². The maximum absolute atomic E-state index is 10.4. The number of benzene rings is 2. The van der Waals surface area contributed by atoms with E-state index in [1.807, 2.05) is 0 Å². The van der Waals surface area contributed by atoms with Crippen molar-refractivity contribution in [1.82, 2.24) is 0 Å². The summed E-state index contributed by atoms with van der Waals surface area (Å²) >= 11 is 0. The van der Waals surface area contributed by atoms with Gasteiger partial charge in [-0.3, -0.25) is 0 Å². The van der Waals surface area contributed by atoms with E-state index >= 15 is 0 Å². The molecule has 0 saturated carbocycles. The molecule has 2 aromatic carbocycles. The van der Waals surface area contributed by atoms with Crippen molar-refractivity contribution in [1.29, 1.82) is 0 Å². The van der Waals surface area contributed by atoms with Gasteiger partial charge < -0.3 is 63.8 Å². The topological polar surface area (TPSA) is 186 Å². The van der Waals surface area contributed by atoms with Gasteiger partial charge in [-0.1, -0.05) is 0 Å². The Balaban J connectivity index is 1.86. The fourth-order valence-corrected chi connectivity index (χ4v) is 4.50. The number of aliphatic hydroxyl groups is 6. The minimum atomic E-state index is -1.63. The van der Waals surface area contributed by atoms with Crippen LogP contribution < -0.4 is 28.4 Å². The van der Waals surface area contributed by atoms with E-state index in [2.05, 4.69) is 0 Å². The molecule has 1 fully saturated rings. The Morgan fingerprint density at radius 1 is 0.732 bits per heavy atom. The van der Waals surface area contributed by atoms with Crippen LogP contribution in [0.15, 0.2) is 24.3 Å². The normalized spacial score (nSPS) is 23.0. The van der Waals surface area contributed by atoms with Gasteiger partial charge in [0.25, 0.3) is 0 Å². The monoisotopic (exact) mass is 584 g/mol. The molecule has 3 rings (SSSR count). The molecule has 1 heterocycles. The highest BCUT2D eigenvalue weighted by atomic mass is 16.7. The number of rotatable bonds is 15. The van der Waals surface area contributed by atoms with Crippen LogP contribution in [0.3, 0.4) is 0 Å². The second kappa shape index (κ2) is 15.3. The van der Waals surface area contributed by atoms with Crippen LogP contribution >= 0.6 is 0 Å². The number of aliphatic hydroxyl groups excluding tert-OH is 6. The van der Waals surface area contributed by atoms with Crippen molar-refractivity contribution >= 4 is 0 Å². The first-order valence-electron chi connectivity index (χ1n) is 13.1. The average Bonchev–Trinajstić information content (AvgIpc) is 3.00. The second-order valence-corrected chi connectivity index (χ2v) is 9.43. The highest BCUT2D eigenvalue weighted by Crippen LogP contribution is 2.42. The Bertz CT molecular complexity index is 1060. The van der Waals surface area contributed by atoms with E-state index in [-0.39, 0.29) is 36.9 Å². The first kappa shape index (κ1) is 32.5. The lowest BCUT2D eigenvalue weighted by Crippen LogP contribution is -2.60. The zero-order chi connectivity index (χ0) is 30.1. The summed E-state index contributed by atoms with van der Waals surface area (Å²) < 4.78 is 39.4. The Morgan fingerprint density at radius 3 is 1.76 bits per heavy atom. The summed E-state index contributed by atoms with van der Waals surface area (Å²) in [5, 5.41) is 59.4. The summed E-state index contributed by atoms with van der Waals surface area (Å²) in [4.78, 5) is 0. The van der Waals surface area contributed by atoms with E-state index in [9.17, 15) is 25.5 Å². The highest BCUT2D eigenvalue weighted by molar-refractivity contribution is 5.55. The zero-order valence-corrected chi connectivity index (χ0v) is 23.6. The Morgan fingerprint density at radius 2 is 1.27 bits per heavy atom. The quantitative estimate of drug-likeness (QED) is 0.162. The molecule has 6 N–H and O–H groups in total. The fourth-order valence-electron chi connectivity index (χ4n) is 4.50. The van der Waals surface area contributed by atoms with Crippen molar-refractivity contribution in [3.63, 3.8) is 0 Å². The summed E-state index contributed by atoms with van der Waals surface area (Å²) in [6.07, 6.45) is -6.75. The van der Waals surface area contributed by atoms with Crippen LogP contribution in [0.2, 0.25) is 0 Å². The van der Waals surface area contributed by atoms with Crippen LogP contribution in [-0.4, -0.2) is 116 Å². The van der Waals surface area contributed by atoms with Gasteiger partial charge in [-0.15, -0.1) is 0 Å². The van der Waals surface area contributed by atoms with Gasteiger partial charge in [-0.2, -0.15) is 0 Å². The molecule has 13 nitrogen and oxygen atoms in total. The van der Waals surface area contributed by atoms with Gasteiger partial charge in [0.1, 0.15) is 30.5 Å². The SMILES string of the molecule is COc1cc(CCCO)cc(OC)c1OC(CO)Cc1cc(OC)c(O[C@@H]2O[C@H](CO)[C@@H](O)[C@H](O)[C@H]2O)c(OC)c1. The maximum atomic E-state index is 10.4. The van der Waals surface area contributed by atoms with Gasteiger partial charge in [-0.05, 0) is 48.2 Å². The summed E-state index contributed by atoms with van der Waals surface area (Å²) in [6, 6.07) is 6.83. The van der Waals surface area contributed by atoms with E-state index in [1.165, 1.54) is 28.4 Å². The minimum Gasteiger partial charge on any atom is -0.493 e. The molecule has 2 aromatic rings. The largest absolute Gasteiger partial charge is 0.493 e. The first-order valence-corrected chi connectivity index (χ1v) is 13.1. The van der Waals surface area contributed by atoms with Gasteiger partial charge in [0.15, 0.2) is 23.0 Å². The van der Waals surface area contributed by atoms with Crippen molar-refractivity contribution in [2.75, 3.05) is 48.3 Å². The van der Waals surface area contributed by atoms with E-state index < -0.39 is 43.4 Å². The standard InChI is InChI=1S/C28H40O13/c1-35-18-9-15(6-5-7-29)10-19(36-2)26(18)39-17(13-30)8-16-11-20(37-3)27(21(12-16)38-4)41-28-25(34)24(33)23(32)22(14-31)40-28/h9-12,17,22-25,28-34H,5-8,13-14H2,1-4H3/t17?,22-,23-,24+,25-,28+/m1/s1. The molecule has 0 aromatic heterocycles. The Labute approximate surface area is 238 Å². The molecule has 0 bridgehead atoms. The third-order valence-electron chi connectivity index (χ3n) is 6.70. The first-order chi connectivity index (χ1) is 19.7. The maximum Gasteiger partial charge on any atom is 0.229 e. The number of aryl methyl sites for hydroxylation is 1. The number of methoxy groups -OCH3 is 4. The summed E-state index contributed by atoms with van der Waals surface area (Å²) in [5.74, 6) is 1.56. The lowest BCUT2D eigenvalue weighted by atomic mass is 9.99. The molecule has 41 heavy (non-hydrogen) atoms. The fraction of sp³-hybridized carbons (Fsp3) is 0.571. The smallest absolute Gasteiger partial charge is 0.229 e. The number of ether oxygens (including phenoxy) is 7. The predicted molar refractivity (Wildman–Crippen MR) is 144 cm³/mol. The Hall–Kier alpha value is -3.04. The van der Waals surface area contributed by atoms with Crippen LogP contribution in [0.1, 0.15) is 17.5 Å². The highest BCUT2D eigenvalue weighted by Gasteiger charge is 2.45. The molecule has 1 saturated heterocycles. The van der Waals surface area contributed by atoms with Crippen molar-refractivity contribution in [3.05, 3.63) is 35.4 Å². The van der Waals surface area contributed by atoms with Crippen LogP contribution in [0.4, 0.5) is 0 Å². The Kier molecular flexibility index (Phi) is 12.1. The third-order valence-corrected chi connectivity index (χ3v) is 6.70. The van der Waals surface area contributed by atoms with E-state index in [4.69, 9.17) is 38.3 Å². The summed E-state index contributed by atoms with van der Waals surface area (Å²) in [7, 11) is 5.78. The van der Waals surface area contributed by atoms with Gasteiger partial charge in [0.2, 0.25) is 17.8 Å². The van der Waals surface area contributed by atoms with Crippen molar-refractivity contribution in [2.24, 2.45) is 0 Å². The summed E-state index contributed by atoms with van der Waals surface area (Å²) in [6.45, 7) is -0.914. The molecule has 0 spiro atoms. The lowest BCUT2D eigenvalue weighted by molar-refractivity contribution is -0.277. The molecule has 1 aliphatic heterocycles. The van der Waals surface area contributed by atoms with Crippen LogP contribution in [0, 0.1) is 0 Å². The van der Waals surface area contributed by atoms with Gasteiger partial charge in [0.05, 0.1) is 41.7 Å². The van der Waals surface area contributed by atoms with Crippen molar-refractivity contribution in [2.45, 2.75) is 56.1 Å². The van der Waals surface area contributed by atoms with Gasteiger partial charge in [-0.25, -0.2) is 0 Å². The lowest BCUT2D eigenvalue weighted by Gasteiger charge is -2.39. The molecule has 1 unspecified atom stereocenters. The molecule has 13 heteroatoms. The van der Waals surface area contributed by atoms with E-state index in [0.29, 0.717) is 35.7 Å². The third kappa shape index (κ3) is 7.63. The van der Waals surface area contributed by atoms with Crippen LogP contribution in [0.25, 0.3) is 0 Å². The van der Waals surface area contributed by atoms with E-state index in [0.717, 1.165) is 5.56 Å². The van der Waals surface area contributed by atoms with Crippen molar-refractivity contribution in [3.8, 4) is 34.5 Å². The molecule has 0 amide bonds. The summed E-state index contributed by atoms with van der Waals surface area (Å²) in [5.41, 5.74) is 1.53. The van der Waals surface area contributed by atoms with Gasteiger partial charge in [0, 0.05) is 13.0 Å². The molecule has 0 radical (unpaired) electrons. The van der Waals surface area contributed by atoms with Gasteiger partial charge >= 0.3 is 0 Å². The zero-order valence-electron chi connectivity index (χ0n) is 23.6. The number of hydrogen-bond donors (Lipinski definition) is 6. The predicted octanol–water partition coefficient (Wildman–Crippen LogP) is -0.193. The van der Waals surface area contributed by atoms with E-state index in [1.54, 1.807) is 24.3 Å². The minimum absolute atomic E-state index is 0.0475. The van der Waals surface area contributed by atoms with Crippen molar-refractivity contribution < 1.29 is 63.8 Å². The molecular weight excluding hydrogens is 544 g/mol. The molecule has 1 aliphatic rings. The molecule has 6 atom stereocenters. The second-order valence-electron chi connectivity index (χ2n) is 9.43. The van der Waals surface area contributed by atoms with Crippen LogP contribution in [-0.2, 0) is 17.6 Å². The molecule has 0 aliphatic carbocycles. The molecular formula is C28H40O13.